The molecule has 27 heavy (non-hydrogen) atoms. The number of carbonyl (C=O) groups is 1. The number of aldehydes is 1. The molecule has 0 saturated heterocycles. The van der Waals surface area contributed by atoms with Gasteiger partial charge in [-0.2, -0.15) is 0 Å². The monoisotopic (exact) mass is 363 g/mol. The molecule has 2 N–H and O–H groups in total. The first-order valence-electron chi connectivity index (χ1n) is 8.12. The van der Waals surface area contributed by atoms with Gasteiger partial charge in [-0.3, -0.25) is 4.79 Å². The van der Waals surface area contributed by atoms with Crippen molar-refractivity contribution in [3.05, 3.63) is 64.8 Å². The summed E-state index contributed by atoms with van der Waals surface area (Å²) in [5, 5.41) is 13.3. The molecule has 6 nitrogen and oxygen atoms in total. The zero-order valence-corrected chi connectivity index (χ0v) is 14.2. The van der Waals surface area contributed by atoms with Gasteiger partial charge in [0.15, 0.2) is 23.6 Å². The normalized spacial score (nSPS) is 13.8. The first kappa shape index (κ1) is 16.7. The zero-order chi connectivity index (χ0) is 19.0. The number of hydrogen-bond donors (Lipinski definition) is 2. The number of nitrogens with one attached hydrogen (secondary N) is 1. The number of anilines is 2. The number of allylic oxidation sites excluding steroid dienone is 1. The molecule has 3 heterocycles. The summed E-state index contributed by atoms with van der Waals surface area (Å²) in [5.41, 5.74) is 2.66. The van der Waals surface area contributed by atoms with Crippen LogP contribution in [0, 0.1) is 12.7 Å². The van der Waals surface area contributed by atoms with Crippen molar-refractivity contribution in [3.8, 4) is 5.75 Å². The molecule has 0 bridgehead atoms. The van der Waals surface area contributed by atoms with Gasteiger partial charge in [-0.25, -0.2) is 14.4 Å². The van der Waals surface area contributed by atoms with Gasteiger partial charge >= 0.3 is 0 Å². The summed E-state index contributed by atoms with van der Waals surface area (Å²) >= 11 is 0. The van der Waals surface area contributed by atoms with Gasteiger partial charge in [0.1, 0.15) is 11.4 Å². The number of aromatic nitrogens is 1. The summed E-state index contributed by atoms with van der Waals surface area (Å²) in [4.78, 5) is 19.8. The maximum atomic E-state index is 13.3. The van der Waals surface area contributed by atoms with E-state index in [4.69, 9.17) is 4.42 Å². The number of fused-ring (bicyclic) bond motifs is 1. The Hall–Kier alpha value is -3.74. The van der Waals surface area contributed by atoms with E-state index in [1.807, 2.05) is 6.07 Å². The van der Waals surface area contributed by atoms with E-state index in [0.29, 0.717) is 28.9 Å². The molecular weight excluding hydrogens is 349 g/mol. The van der Waals surface area contributed by atoms with Crippen molar-refractivity contribution < 1.29 is 18.7 Å². The number of rotatable bonds is 4. The second-order valence-corrected chi connectivity index (χ2v) is 5.99. The average Bonchev–Trinajstić information content (AvgIpc) is 3.19. The van der Waals surface area contributed by atoms with Crippen LogP contribution in [0.25, 0.3) is 11.6 Å². The van der Waals surface area contributed by atoms with Gasteiger partial charge < -0.3 is 14.8 Å². The van der Waals surface area contributed by atoms with Gasteiger partial charge in [0.2, 0.25) is 5.88 Å². The van der Waals surface area contributed by atoms with Crippen LogP contribution in [0.1, 0.15) is 27.2 Å². The summed E-state index contributed by atoms with van der Waals surface area (Å²) in [6.07, 6.45) is 5.33. The van der Waals surface area contributed by atoms with Gasteiger partial charge in [0.05, 0.1) is 0 Å². The quantitative estimate of drug-likeness (QED) is 0.659. The number of benzene rings is 1. The lowest BCUT2D eigenvalue weighted by Gasteiger charge is -2.07. The Labute approximate surface area is 153 Å². The van der Waals surface area contributed by atoms with E-state index in [2.05, 4.69) is 15.3 Å². The fourth-order valence-electron chi connectivity index (χ4n) is 2.82. The largest absolute Gasteiger partial charge is 0.504 e. The molecule has 0 saturated carbocycles. The number of aryl methyl sites for hydroxylation is 1. The SMILES string of the molecule is Cc1cc(F)ccc1Nc1oc(C=C2C=Nc3ncccc32)c(O)c1C=O. The maximum absolute atomic E-state index is 13.3. The molecule has 0 atom stereocenters. The molecule has 1 aliphatic heterocycles. The third-order valence-corrected chi connectivity index (χ3v) is 4.21. The molecule has 2 aromatic heterocycles. The zero-order valence-electron chi connectivity index (χ0n) is 14.2. The lowest BCUT2D eigenvalue weighted by molar-refractivity contribution is 0.112. The van der Waals surface area contributed by atoms with Crippen molar-refractivity contribution in [2.75, 3.05) is 5.32 Å². The minimum absolute atomic E-state index is 0.0214. The number of halogens is 1. The van der Waals surface area contributed by atoms with E-state index in [-0.39, 0.29) is 28.8 Å². The molecule has 0 fully saturated rings. The van der Waals surface area contributed by atoms with Crippen LogP contribution in [0.4, 0.5) is 21.8 Å². The highest BCUT2D eigenvalue weighted by Gasteiger charge is 2.21. The second-order valence-electron chi connectivity index (χ2n) is 5.99. The molecule has 0 radical (unpaired) electrons. The van der Waals surface area contributed by atoms with Gasteiger partial charge in [0, 0.05) is 29.2 Å². The molecule has 1 aromatic carbocycles. The standard InChI is InChI=1S/C20H14FN3O3/c1-11-7-13(21)4-5-16(11)24-20-15(10-25)18(26)17(27-20)8-12-9-23-19-14(12)3-2-6-22-19/h2-10,24,26H,1H3. The number of carbonyl (C=O) groups excluding carboxylic acids is 1. The molecule has 3 aromatic rings. The number of hydrogen-bond acceptors (Lipinski definition) is 6. The lowest BCUT2D eigenvalue weighted by Crippen LogP contribution is -1.95. The number of nitrogens with zero attached hydrogens (tertiary/aromatic N) is 2. The lowest BCUT2D eigenvalue weighted by atomic mass is 10.1. The van der Waals surface area contributed by atoms with Crippen molar-refractivity contribution in [1.29, 1.82) is 0 Å². The van der Waals surface area contributed by atoms with E-state index in [0.717, 1.165) is 5.56 Å². The van der Waals surface area contributed by atoms with Crippen LogP contribution >= 0.6 is 0 Å². The van der Waals surface area contributed by atoms with E-state index in [1.165, 1.54) is 18.2 Å². The molecule has 0 unspecified atom stereocenters. The molecule has 4 rings (SSSR count). The Morgan fingerprint density at radius 2 is 2.15 bits per heavy atom. The summed E-state index contributed by atoms with van der Waals surface area (Å²) < 4.78 is 18.9. The molecular formula is C20H14FN3O3. The topological polar surface area (TPSA) is 87.7 Å². The van der Waals surface area contributed by atoms with Crippen molar-refractivity contribution in [1.82, 2.24) is 4.98 Å². The minimum Gasteiger partial charge on any atom is -0.504 e. The first-order chi connectivity index (χ1) is 13.1. The number of pyridine rings is 1. The Kier molecular flexibility index (Phi) is 4.04. The Morgan fingerprint density at radius 3 is 2.93 bits per heavy atom. The summed E-state index contributed by atoms with van der Waals surface area (Å²) in [6, 6.07) is 7.81. The Balaban J connectivity index is 1.73. The highest BCUT2D eigenvalue weighted by atomic mass is 19.1. The molecule has 0 aliphatic carbocycles. The van der Waals surface area contributed by atoms with Crippen LogP contribution in [0.3, 0.4) is 0 Å². The summed E-state index contributed by atoms with van der Waals surface area (Å²) in [6.45, 7) is 1.72. The molecule has 1 aliphatic rings. The van der Waals surface area contributed by atoms with E-state index < -0.39 is 0 Å². The summed E-state index contributed by atoms with van der Waals surface area (Å²) in [7, 11) is 0. The number of furan rings is 1. The van der Waals surface area contributed by atoms with Crippen LogP contribution in [0.5, 0.6) is 5.75 Å². The Morgan fingerprint density at radius 1 is 1.30 bits per heavy atom. The van der Waals surface area contributed by atoms with Gasteiger partial charge in [0.25, 0.3) is 0 Å². The van der Waals surface area contributed by atoms with E-state index in [9.17, 15) is 14.3 Å². The average molecular weight is 363 g/mol. The Bertz CT molecular complexity index is 1120. The minimum atomic E-state index is -0.367. The maximum Gasteiger partial charge on any atom is 0.212 e. The summed E-state index contributed by atoms with van der Waals surface area (Å²) in [5.74, 6) is 0.105. The smallest absolute Gasteiger partial charge is 0.212 e. The number of aliphatic imine (C=N–C) groups is 1. The number of aromatic hydroxyl groups is 1. The van der Waals surface area contributed by atoms with Crippen LogP contribution in [0.2, 0.25) is 0 Å². The molecule has 7 heteroatoms. The third-order valence-electron chi connectivity index (χ3n) is 4.21. The highest BCUT2D eigenvalue weighted by molar-refractivity contribution is 6.21. The van der Waals surface area contributed by atoms with Crippen molar-refractivity contribution >= 4 is 41.5 Å². The van der Waals surface area contributed by atoms with Crippen LogP contribution in [0.15, 0.2) is 45.9 Å². The van der Waals surface area contributed by atoms with Gasteiger partial charge in [-0.1, -0.05) is 0 Å². The van der Waals surface area contributed by atoms with Crippen LogP contribution in [-0.4, -0.2) is 22.6 Å². The van der Waals surface area contributed by atoms with Gasteiger partial charge in [-0.15, -0.1) is 0 Å². The molecule has 134 valence electrons. The predicted molar refractivity (Wildman–Crippen MR) is 100 cm³/mol. The third kappa shape index (κ3) is 2.99. The fraction of sp³-hybridized carbons (Fsp3) is 0.0500. The predicted octanol–water partition coefficient (Wildman–Crippen LogP) is 4.64. The molecule has 0 amide bonds. The molecule has 0 spiro atoms. The van der Waals surface area contributed by atoms with Gasteiger partial charge in [-0.05, 0) is 48.9 Å². The van der Waals surface area contributed by atoms with Crippen LogP contribution in [-0.2, 0) is 0 Å². The van der Waals surface area contributed by atoms with Crippen molar-refractivity contribution in [3.63, 3.8) is 0 Å². The highest BCUT2D eigenvalue weighted by Crippen LogP contribution is 2.38. The van der Waals surface area contributed by atoms with Crippen molar-refractivity contribution in [2.24, 2.45) is 4.99 Å². The second kappa shape index (κ2) is 6.53. The fourth-order valence-corrected chi connectivity index (χ4v) is 2.82. The first-order valence-corrected chi connectivity index (χ1v) is 8.12. The van der Waals surface area contributed by atoms with Crippen LogP contribution < -0.4 is 5.32 Å². The van der Waals surface area contributed by atoms with E-state index in [1.54, 1.807) is 31.5 Å². The van der Waals surface area contributed by atoms with E-state index >= 15 is 0 Å². The van der Waals surface area contributed by atoms with Crippen molar-refractivity contribution in [2.45, 2.75) is 6.92 Å².